The van der Waals surface area contributed by atoms with Crippen LogP contribution in [0, 0.1) is 0 Å². The number of hydrogen-bond donors (Lipinski definition) is 3. The smallest absolute Gasteiger partial charge is 0.364 e. The molecule has 5 heteroatoms. The molecule has 0 saturated heterocycles. The molecule has 1 unspecified atom stereocenters. The maximum atomic E-state index is 10.1. The average Bonchev–Trinajstić information content (AvgIpc) is 1.64. The van der Waals surface area contributed by atoms with Gasteiger partial charge < -0.3 is 5.11 Å². The summed E-state index contributed by atoms with van der Waals surface area (Å²) >= 11 is -1.98. The zero-order chi connectivity index (χ0) is 7.44. The standard InChI is InChI=1S/C4H8O4S/c1-2-3(4(5)6)9(7)8/h3,7-8H,2H2,1H3/p+1. The second-order valence-corrected chi connectivity index (χ2v) is 2.68. The summed E-state index contributed by atoms with van der Waals surface area (Å²) in [5, 5.41) is 7.21. The van der Waals surface area contributed by atoms with Gasteiger partial charge in [-0.1, -0.05) is 6.92 Å². The van der Waals surface area contributed by atoms with Crippen LogP contribution < -0.4 is 0 Å². The molecule has 0 fully saturated rings. The van der Waals surface area contributed by atoms with Gasteiger partial charge in [-0.15, -0.1) is 0 Å². The lowest BCUT2D eigenvalue weighted by Gasteiger charge is -1.97. The molecule has 0 aromatic rings. The number of aliphatic carboxylic acids is 1. The van der Waals surface area contributed by atoms with Crippen LogP contribution in [0.2, 0.25) is 0 Å². The minimum absolute atomic E-state index is 0.242. The van der Waals surface area contributed by atoms with Crippen molar-refractivity contribution < 1.29 is 19.0 Å². The van der Waals surface area contributed by atoms with E-state index < -0.39 is 22.7 Å². The monoisotopic (exact) mass is 153 g/mol. The number of hydrogen-bond acceptors (Lipinski definition) is 3. The first-order chi connectivity index (χ1) is 4.09. The highest BCUT2D eigenvalue weighted by molar-refractivity contribution is 7.87. The highest BCUT2D eigenvalue weighted by Gasteiger charge is 2.34. The molecule has 0 bridgehead atoms. The molecule has 0 rings (SSSR count). The van der Waals surface area contributed by atoms with Gasteiger partial charge in [0.05, 0.1) is 0 Å². The van der Waals surface area contributed by atoms with E-state index >= 15 is 0 Å². The molecule has 0 aliphatic heterocycles. The van der Waals surface area contributed by atoms with Crippen LogP contribution in [-0.4, -0.2) is 25.4 Å². The first-order valence-electron chi connectivity index (χ1n) is 2.43. The van der Waals surface area contributed by atoms with E-state index in [1.807, 2.05) is 0 Å². The SMILES string of the molecule is CCC(C(=O)O)[S+](O)O. The van der Waals surface area contributed by atoms with Crippen molar-refractivity contribution >= 4 is 17.4 Å². The predicted octanol–water partition coefficient (Wildman–Crippen LogP) is 0.414. The summed E-state index contributed by atoms with van der Waals surface area (Å²) < 4.78 is 16.8. The molecule has 1 atom stereocenters. The van der Waals surface area contributed by atoms with Crippen molar-refractivity contribution in [2.75, 3.05) is 0 Å². The Bertz CT molecular complexity index is 103. The van der Waals surface area contributed by atoms with Crippen LogP contribution >= 0.6 is 0 Å². The largest absolute Gasteiger partial charge is 0.477 e. The van der Waals surface area contributed by atoms with E-state index in [9.17, 15) is 4.79 Å². The van der Waals surface area contributed by atoms with E-state index in [2.05, 4.69) is 0 Å². The zero-order valence-corrected chi connectivity index (χ0v) is 5.76. The van der Waals surface area contributed by atoms with E-state index in [0.29, 0.717) is 0 Å². The number of carbonyl (C=O) groups is 1. The van der Waals surface area contributed by atoms with Crippen LogP contribution in [0.15, 0.2) is 0 Å². The molecule has 0 spiro atoms. The Balaban J connectivity index is 3.83. The molecule has 0 aromatic heterocycles. The van der Waals surface area contributed by atoms with Crippen molar-refractivity contribution in [3.8, 4) is 0 Å². The molecular formula is C4H9O4S+. The first kappa shape index (κ1) is 8.74. The van der Waals surface area contributed by atoms with Crippen molar-refractivity contribution in [1.29, 1.82) is 0 Å². The van der Waals surface area contributed by atoms with Gasteiger partial charge in [-0.05, 0) is 0 Å². The van der Waals surface area contributed by atoms with Crippen LogP contribution in [-0.2, 0) is 16.3 Å². The second-order valence-electron chi connectivity index (χ2n) is 1.53. The summed E-state index contributed by atoms with van der Waals surface area (Å²) in [6, 6.07) is 0. The van der Waals surface area contributed by atoms with Gasteiger partial charge in [-0.25, -0.2) is 4.79 Å². The van der Waals surface area contributed by atoms with Gasteiger partial charge in [0.1, 0.15) is 0 Å². The highest BCUT2D eigenvalue weighted by atomic mass is 32.2. The first-order valence-corrected chi connectivity index (χ1v) is 3.63. The summed E-state index contributed by atoms with van der Waals surface area (Å²) in [6.07, 6.45) is 0.242. The molecule has 0 amide bonds. The van der Waals surface area contributed by atoms with Crippen LogP contribution in [0.3, 0.4) is 0 Å². The fourth-order valence-electron chi connectivity index (χ4n) is 0.414. The van der Waals surface area contributed by atoms with Crippen LogP contribution in [0.5, 0.6) is 0 Å². The normalized spacial score (nSPS) is 13.8. The third-order valence-corrected chi connectivity index (χ3v) is 1.94. The molecule has 0 aliphatic rings. The fraction of sp³-hybridized carbons (Fsp3) is 0.750. The highest BCUT2D eigenvalue weighted by Crippen LogP contribution is 2.02. The Morgan fingerprint density at radius 2 is 2.11 bits per heavy atom. The van der Waals surface area contributed by atoms with Gasteiger partial charge in [0.25, 0.3) is 5.25 Å². The molecule has 9 heavy (non-hydrogen) atoms. The van der Waals surface area contributed by atoms with Crippen molar-refractivity contribution in [1.82, 2.24) is 0 Å². The van der Waals surface area contributed by atoms with Crippen molar-refractivity contribution in [3.63, 3.8) is 0 Å². The topological polar surface area (TPSA) is 77.8 Å². The fourth-order valence-corrected chi connectivity index (χ4v) is 0.892. The Morgan fingerprint density at radius 1 is 1.67 bits per heavy atom. The lowest BCUT2D eigenvalue weighted by atomic mass is 10.3. The molecule has 0 radical (unpaired) electrons. The minimum atomic E-state index is -1.98. The van der Waals surface area contributed by atoms with Gasteiger partial charge >= 0.3 is 17.4 Å². The molecule has 0 aromatic carbocycles. The summed E-state index contributed by atoms with van der Waals surface area (Å²) in [4.78, 5) is 10.1. The Hall–Kier alpha value is -0.260. The quantitative estimate of drug-likeness (QED) is 0.513. The van der Waals surface area contributed by atoms with Gasteiger partial charge in [0, 0.05) is 6.42 Å². The third-order valence-electron chi connectivity index (χ3n) is 0.901. The maximum absolute atomic E-state index is 10.1. The van der Waals surface area contributed by atoms with Crippen LogP contribution in [0.1, 0.15) is 13.3 Å². The molecule has 3 N–H and O–H groups in total. The maximum Gasteiger partial charge on any atom is 0.364 e. The Labute approximate surface area is 55.9 Å². The summed E-state index contributed by atoms with van der Waals surface area (Å²) in [7, 11) is 0. The summed E-state index contributed by atoms with van der Waals surface area (Å²) in [5.41, 5.74) is 0. The third kappa shape index (κ3) is 2.69. The van der Waals surface area contributed by atoms with E-state index in [1.165, 1.54) is 0 Å². The van der Waals surface area contributed by atoms with Crippen molar-refractivity contribution in [2.24, 2.45) is 0 Å². The number of rotatable bonds is 3. The van der Waals surface area contributed by atoms with E-state index in [1.54, 1.807) is 6.92 Å². The molecule has 54 valence electrons. The van der Waals surface area contributed by atoms with Crippen molar-refractivity contribution in [2.45, 2.75) is 18.6 Å². The average molecular weight is 153 g/mol. The zero-order valence-electron chi connectivity index (χ0n) is 4.94. The van der Waals surface area contributed by atoms with Crippen LogP contribution in [0.25, 0.3) is 0 Å². The number of carboxylic acids is 1. The van der Waals surface area contributed by atoms with E-state index in [-0.39, 0.29) is 6.42 Å². The lowest BCUT2D eigenvalue weighted by molar-refractivity contribution is -0.136. The Morgan fingerprint density at radius 3 is 2.11 bits per heavy atom. The van der Waals surface area contributed by atoms with E-state index in [4.69, 9.17) is 14.2 Å². The van der Waals surface area contributed by atoms with Crippen LogP contribution in [0.4, 0.5) is 0 Å². The molecule has 0 heterocycles. The van der Waals surface area contributed by atoms with Gasteiger partial charge in [-0.2, -0.15) is 9.11 Å². The predicted molar refractivity (Wildman–Crippen MR) is 34.3 cm³/mol. The molecule has 0 aliphatic carbocycles. The second kappa shape index (κ2) is 3.71. The van der Waals surface area contributed by atoms with Gasteiger partial charge in [0.2, 0.25) is 0 Å². The Kier molecular flexibility index (Phi) is 3.60. The summed E-state index contributed by atoms with van der Waals surface area (Å²) in [5.74, 6) is -1.16. The molecular weight excluding hydrogens is 144 g/mol. The van der Waals surface area contributed by atoms with Gasteiger partial charge in [-0.3, -0.25) is 0 Å². The molecule has 4 nitrogen and oxygen atoms in total. The molecule has 0 saturated carbocycles. The minimum Gasteiger partial charge on any atom is -0.477 e. The lowest BCUT2D eigenvalue weighted by Crippen LogP contribution is -2.28. The summed E-state index contributed by atoms with van der Waals surface area (Å²) in [6.45, 7) is 1.59. The number of carboxylic acid groups (broad SMARTS) is 1. The van der Waals surface area contributed by atoms with E-state index in [0.717, 1.165) is 0 Å². The van der Waals surface area contributed by atoms with Crippen molar-refractivity contribution in [3.05, 3.63) is 0 Å². The van der Waals surface area contributed by atoms with Gasteiger partial charge in [0.15, 0.2) is 0 Å².